The van der Waals surface area contributed by atoms with Crippen molar-refractivity contribution in [1.29, 1.82) is 0 Å². The molecule has 0 atom stereocenters. The number of aromatic nitrogens is 2. The van der Waals surface area contributed by atoms with Gasteiger partial charge in [-0.3, -0.25) is 4.68 Å². The molecular formula is C16H23N3. The highest BCUT2D eigenvalue weighted by atomic mass is 15.3. The number of nitrogens with one attached hydrogen (secondary N) is 1. The summed E-state index contributed by atoms with van der Waals surface area (Å²) in [6.07, 6.45) is 7.79. The van der Waals surface area contributed by atoms with E-state index in [1.54, 1.807) is 0 Å². The smallest absolute Gasteiger partial charge is 0.0568 e. The van der Waals surface area contributed by atoms with Crippen LogP contribution in [0.3, 0.4) is 0 Å². The lowest BCUT2D eigenvalue weighted by molar-refractivity contribution is 0.532. The number of rotatable bonds is 8. The number of aryl methyl sites for hydroxylation is 1. The molecule has 0 fully saturated rings. The maximum atomic E-state index is 4.43. The summed E-state index contributed by atoms with van der Waals surface area (Å²) in [6, 6.07) is 10.4. The first-order chi connectivity index (χ1) is 9.40. The molecule has 0 amide bonds. The van der Waals surface area contributed by atoms with Gasteiger partial charge in [-0.25, -0.2) is 0 Å². The SMILES string of the molecule is CCNCCCCCn1cc(-c2ccccc2)cn1. The third kappa shape index (κ3) is 4.52. The quantitative estimate of drug-likeness (QED) is 0.735. The van der Waals surface area contributed by atoms with Gasteiger partial charge in [0, 0.05) is 18.3 Å². The summed E-state index contributed by atoms with van der Waals surface area (Å²) in [4.78, 5) is 0. The molecule has 1 aromatic carbocycles. The molecule has 102 valence electrons. The van der Waals surface area contributed by atoms with Crippen molar-refractivity contribution >= 4 is 0 Å². The van der Waals surface area contributed by atoms with E-state index in [1.165, 1.54) is 30.4 Å². The van der Waals surface area contributed by atoms with E-state index in [2.05, 4.69) is 52.5 Å². The van der Waals surface area contributed by atoms with Crippen molar-refractivity contribution in [3.63, 3.8) is 0 Å². The second-order valence-corrected chi connectivity index (χ2v) is 4.77. The molecule has 0 aliphatic carbocycles. The van der Waals surface area contributed by atoms with E-state index >= 15 is 0 Å². The molecule has 2 rings (SSSR count). The minimum atomic E-state index is 1.01. The summed E-state index contributed by atoms with van der Waals surface area (Å²) in [5.41, 5.74) is 2.44. The van der Waals surface area contributed by atoms with E-state index in [0.29, 0.717) is 0 Å². The van der Waals surface area contributed by atoms with Gasteiger partial charge in [0.2, 0.25) is 0 Å². The Morgan fingerprint density at radius 2 is 1.89 bits per heavy atom. The van der Waals surface area contributed by atoms with E-state index in [-0.39, 0.29) is 0 Å². The van der Waals surface area contributed by atoms with Crippen LogP contribution in [0.25, 0.3) is 11.1 Å². The van der Waals surface area contributed by atoms with Gasteiger partial charge in [-0.05, 0) is 31.5 Å². The van der Waals surface area contributed by atoms with Gasteiger partial charge in [0.1, 0.15) is 0 Å². The van der Waals surface area contributed by atoms with Crippen LogP contribution in [0.1, 0.15) is 26.2 Å². The molecule has 2 aromatic rings. The Morgan fingerprint density at radius 1 is 1.05 bits per heavy atom. The molecule has 3 heteroatoms. The Kier molecular flexibility index (Phi) is 5.63. The topological polar surface area (TPSA) is 29.9 Å². The maximum absolute atomic E-state index is 4.43. The normalized spacial score (nSPS) is 10.8. The van der Waals surface area contributed by atoms with Gasteiger partial charge in [-0.1, -0.05) is 43.7 Å². The highest BCUT2D eigenvalue weighted by Crippen LogP contribution is 2.17. The lowest BCUT2D eigenvalue weighted by Crippen LogP contribution is -2.13. The number of nitrogens with zero attached hydrogens (tertiary/aromatic N) is 2. The van der Waals surface area contributed by atoms with Gasteiger partial charge < -0.3 is 5.32 Å². The standard InChI is InChI=1S/C16H23N3/c1-2-17-11-7-4-8-12-19-14-16(13-18-19)15-9-5-3-6-10-15/h3,5-6,9-10,13-14,17H,2,4,7-8,11-12H2,1H3. The molecule has 3 nitrogen and oxygen atoms in total. The Labute approximate surface area is 115 Å². The molecule has 1 aromatic heterocycles. The van der Waals surface area contributed by atoms with Crippen molar-refractivity contribution in [3.05, 3.63) is 42.7 Å². The Hall–Kier alpha value is -1.61. The van der Waals surface area contributed by atoms with Gasteiger partial charge in [-0.2, -0.15) is 5.10 Å². The molecule has 1 heterocycles. The van der Waals surface area contributed by atoms with E-state index < -0.39 is 0 Å². The van der Waals surface area contributed by atoms with Gasteiger partial charge in [0.05, 0.1) is 6.20 Å². The van der Waals surface area contributed by atoms with Crippen LogP contribution in [0.2, 0.25) is 0 Å². The summed E-state index contributed by atoms with van der Waals surface area (Å²) >= 11 is 0. The van der Waals surface area contributed by atoms with Crippen LogP contribution in [-0.2, 0) is 6.54 Å². The number of unbranched alkanes of at least 4 members (excludes halogenated alkanes) is 2. The number of hydrogen-bond acceptors (Lipinski definition) is 2. The first-order valence-electron chi connectivity index (χ1n) is 7.18. The summed E-state index contributed by atoms with van der Waals surface area (Å²) in [5, 5.41) is 7.78. The zero-order chi connectivity index (χ0) is 13.3. The van der Waals surface area contributed by atoms with Crippen molar-refractivity contribution in [2.24, 2.45) is 0 Å². The number of hydrogen-bond donors (Lipinski definition) is 1. The third-order valence-electron chi connectivity index (χ3n) is 3.23. The van der Waals surface area contributed by atoms with E-state index in [1.807, 2.05) is 12.3 Å². The predicted molar refractivity (Wildman–Crippen MR) is 80.1 cm³/mol. The lowest BCUT2D eigenvalue weighted by atomic mass is 10.1. The fourth-order valence-electron chi connectivity index (χ4n) is 2.14. The largest absolute Gasteiger partial charge is 0.317 e. The molecule has 0 unspecified atom stereocenters. The first kappa shape index (κ1) is 13.8. The first-order valence-corrected chi connectivity index (χ1v) is 7.18. The highest BCUT2D eigenvalue weighted by Gasteiger charge is 2.00. The van der Waals surface area contributed by atoms with Crippen LogP contribution in [-0.4, -0.2) is 22.9 Å². The average Bonchev–Trinajstić information content (AvgIpc) is 2.92. The summed E-state index contributed by atoms with van der Waals surface area (Å²) < 4.78 is 2.05. The average molecular weight is 257 g/mol. The van der Waals surface area contributed by atoms with E-state index in [0.717, 1.165) is 19.6 Å². The Bertz CT molecular complexity index is 462. The number of benzene rings is 1. The zero-order valence-corrected chi connectivity index (χ0v) is 11.7. The predicted octanol–water partition coefficient (Wildman–Crippen LogP) is 3.33. The van der Waals surface area contributed by atoms with Crippen LogP contribution in [0.5, 0.6) is 0 Å². The van der Waals surface area contributed by atoms with Crippen molar-refractivity contribution in [1.82, 2.24) is 15.1 Å². The van der Waals surface area contributed by atoms with Crippen LogP contribution in [0.4, 0.5) is 0 Å². The fraction of sp³-hybridized carbons (Fsp3) is 0.438. The molecular weight excluding hydrogens is 234 g/mol. The molecule has 0 spiro atoms. The second kappa shape index (κ2) is 7.74. The second-order valence-electron chi connectivity index (χ2n) is 4.77. The Morgan fingerprint density at radius 3 is 2.68 bits per heavy atom. The molecule has 1 N–H and O–H groups in total. The molecule has 0 saturated carbocycles. The monoisotopic (exact) mass is 257 g/mol. The molecule has 0 aliphatic heterocycles. The molecule has 0 radical (unpaired) electrons. The van der Waals surface area contributed by atoms with Gasteiger partial charge in [-0.15, -0.1) is 0 Å². The molecule has 19 heavy (non-hydrogen) atoms. The third-order valence-corrected chi connectivity index (χ3v) is 3.23. The van der Waals surface area contributed by atoms with Gasteiger partial charge in [0.15, 0.2) is 0 Å². The summed E-state index contributed by atoms with van der Waals surface area (Å²) in [7, 11) is 0. The molecule has 0 bridgehead atoms. The maximum Gasteiger partial charge on any atom is 0.0568 e. The Balaban J connectivity index is 1.75. The van der Waals surface area contributed by atoms with Gasteiger partial charge >= 0.3 is 0 Å². The van der Waals surface area contributed by atoms with E-state index in [9.17, 15) is 0 Å². The van der Waals surface area contributed by atoms with Crippen molar-refractivity contribution < 1.29 is 0 Å². The summed E-state index contributed by atoms with van der Waals surface area (Å²) in [6.45, 7) is 5.36. The van der Waals surface area contributed by atoms with Crippen LogP contribution in [0.15, 0.2) is 42.7 Å². The molecule has 0 saturated heterocycles. The lowest BCUT2D eigenvalue weighted by Gasteiger charge is -2.02. The summed E-state index contributed by atoms with van der Waals surface area (Å²) in [5.74, 6) is 0. The van der Waals surface area contributed by atoms with Crippen molar-refractivity contribution in [2.75, 3.05) is 13.1 Å². The van der Waals surface area contributed by atoms with Crippen molar-refractivity contribution in [3.8, 4) is 11.1 Å². The van der Waals surface area contributed by atoms with Crippen LogP contribution < -0.4 is 5.32 Å². The van der Waals surface area contributed by atoms with Gasteiger partial charge in [0.25, 0.3) is 0 Å². The minimum absolute atomic E-state index is 1.01. The molecule has 0 aliphatic rings. The fourth-order valence-corrected chi connectivity index (χ4v) is 2.14. The minimum Gasteiger partial charge on any atom is -0.317 e. The van der Waals surface area contributed by atoms with E-state index in [4.69, 9.17) is 0 Å². The van der Waals surface area contributed by atoms with Crippen molar-refractivity contribution in [2.45, 2.75) is 32.7 Å². The highest BCUT2D eigenvalue weighted by molar-refractivity contribution is 5.61. The van der Waals surface area contributed by atoms with Crippen LogP contribution >= 0.6 is 0 Å². The zero-order valence-electron chi connectivity index (χ0n) is 11.7. The van der Waals surface area contributed by atoms with Crippen LogP contribution in [0, 0.1) is 0 Å².